The van der Waals surface area contributed by atoms with E-state index in [0.29, 0.717) is 5.69 Å². The first-order valence-electron chi connectivity index (χ1n) is 5.35. The van der Waals surface area contributed by atoms with E-state index in [0.717, 1.165) is 23.0 Å². The molecule has 84 valence electrons. The van der Waals surface area contributed by atoms with E-state index in [1.165, 1.54) is 0 Å². The lowest BCUT2D eigenvalue weighted by molar-refractivity contribution is 0.111. The van der Waals surface area contributed by atoms with E-state index in [1.807, 2.05) is 29.8 Å². The minimum absolute atomic E-state index is 0.0331. The maximum absolute atomic E-state index is 10.8. The van der Waals surface area contributed by atoms with Gasteiger partial charge in [-0.25, -0.2) is 0 Å². The van der Waals surface area contributed by atoms with Gasteiger partial charge in [-0.1, -0.05) is 20.8 Å². The molecule has 2 aromatic rings. The number of aryl methyl sites for hydroxylation is 1. The summed E-state index contributed by atoms with van der Waals surface area (Å²) in [5.74, 6) is 0. The van der Waals surface area contributed by atoms with Crippen molar-refractivity contribution < 1.29 is 4.79 Å². The van der Waals surface area contributed by atoms with E-state index in [4.69, 9.17) is 0 Å². The summed E-state index contributed by atoms with van der Waals surface area (Å²) in [6.07, 6.45) is 0.860. The monoisotopic (exact) mass is 216 g/mol. The fourth-order valence-electron chi connectivity index (χ4n) is 1.76. The third kappa shape index (κ3) is 1.62. The molecule has 0 saturated carbocycles. The van der Waals surface area contributed by atoms with Crippen LogP contribution in [0.15, 0.2) is 18.2 Å². The standard InChI is InChI=1S/C13H16N2O/c1-13(2,3)12-6-5-11-10(14-12)7-9(8-16)15(11)4/h5-8H,1-4H3. The van der Waals surface area contributed by atoms with Crippen molar-refractivity contribution in [3.8, 4) is 0 Å². The van der Waals surface area contributed by atoms with Crippen LogP contribution in [0, 0.1) is 0 Å². The Morgan fingerprint density at radius 3 is 2.56 bits per heavy atom. The highest BCUT2D eigenvalue weighted by Crippen LogP contribution is 2.24. The zero-order chi connectivity index (χ0) is 11.9. The number of pyridine rings is 1. The number of nitrogens with zero attached hydrogens (tertiary/aromatic N) is 2. The first kappa shape index (κ1) is 10.9. The predicted molar refractivity (Wildman–Crippen MR) is 64.8 cm³/mol. The van der Waals surface area contributed by atoms with Crippen LogP contribution in [0.5, 0.6) is 0 Å². The predicted octanol–water partition coefficient (Wildman–Crippen LogP) is 2.68. The highest BCUT2D eigenvalue weighted by molar-refractivity contribution is 5.86. The van der Waals surface area contributed by atoms with Crippen LogP contribution >= 0.6 is 0 Å². The third-order valence-electron chi connectivity index (χ3n) is 2.82. The SMILES string of the molecule is Cn1c(C=O)cc2nc(C(C)(C)C)ccc21. The van der Waals surface area contributed by atoms with Gasteiger partial charge in [-0.15, -0.1) is 0 Å². The minimum atomic E-state index is 0.0331. The Balaban J connectivity index is 2.68. The van der Waals surface area contributed by atoms with Gasteiger partial charge >= 0.3 is 0 Å². The van der Waals surface area contributed by atoms with Gasteiger partial charge < -0.3 is 4.57 Å². The molecule has 0 bridgehead atoms. The molecule has 0 amide bonds. The summed E-state index contributed by atoms with van der Waals surface area (Å²) in [7, 11) is 1.88. The molecule has 0 aromatic carbocycles. The second-order valence-electron chi connectivity index (χ2n) is 5.10. The van der Waals surface area contributed by atoms with Crippen LogP contribution in [-0.4, -0.2) is 15.8 Å². The summed E-state index contributed by atoms with van der Waals surface area (Å²) in [4.78, 5) is 15.4. The average Bonchev–Trinajstić information content (AvgIpc) is 2.54. The van der Waals surface area contributed by atoms with Crippen molar-refractivity contribution in [2.45, 2.75) is 26.2 Å². The summed E-state index contributed by atoms with van der Waals surface area (Å²) in [6.45, 7) is 6.39. The van der Waals surface area contributed by atoms with Crippen LogP contribution in [0.25, 0.3) is 11.0 Å². The Morgan fingerprint density at radius 1 is 1.31 bits per heavy atom. The summed E-state index contributed by atoms with van der Waals surface area (Å²) < 4.78 is 1.86. The van der Waals surface area contributed by atoms with Gasteiger partial charge in [0.1, 0.15) is 0 Å². The van der Waals surface area contributed by atoms with Gasteiger partial charge in [0.25, 0.3) is 0 Å². The van der Waals surface area contributed by atoms with Gasteiger partial charge in [0.2, 0.25) is 0 Å². The Hall–Kier alpha value is -1.64. The molecule has 16 heavy (non-hydrogen) atoms. The molecule has 0 saturated heterocycles. The van der Waals surface area contributed by atoms with Gasteiger partial charge in [0, 0.05) is 18.2 Å². The number of carbonyl (C=O) groups excluding carboxylic acids is 1. The van der Waals surface area contributed by atoms with Crippen LogP contribution in [0.2, 0.25) is 0 Å². The van der Waals surface area contributed by atoms with Gasteiger partial charge in [0.05, 0.1) is 16.7 Å². The number of rotatable bonds is 1. The van der Waals surface area contributed by atoms with Crippen LogP contribution in [0.3, 0.4) is 0 Å². The summed E-state index contributed by atoms with van der Waals surface area (Å²) in [5.41, 5.74) is 3.62. The van der Waals surface area contributed by atoms with Gasteiger partial charge in [0.15, 0.2) is 6.29 Å². The Bertz CT molecular complexity index is 547. The smallest absolute Gasteiger partial charge is 0.166 e. The normalized spacial score (nSPS) is 12.0. The number of hydrogen-bond donors (Lipinski definition) is 0. The van der Waals surface area contributed by atoms with E-state index in [1.54, 1.807) is 0 Å². The van der Waals surface area contributed by atoms with Crippen LogP contribution < -0.4 is 0 Å². The van der Waals surface area contributed by atoms with Gasteiger partial charge in [-0.2, -0.15) is 0 Å². The molecule has 2 rings (SSSR count). The van der Waals surface area contributed by atoms with Crippen molar-refractivity contribution in [3.05, 3.63) is 29.6 Å². The van der Waals surface area contributed by atoms with Crippen molar-refractivity contribution in [1.29, 1.82) is 0 Å². The summed E-state index contributed by atoms with van der Waals surface area (Å²) in [6, 6.07) is 5.88. The fraction of sp³-hybridized carbons (Fsp3) is 0.385. The van der Waals surface area contributed by atoms with Gasteiger partial charge in [-0.3, -0.25) is 9.78 Å². The number of aromatic nitrogens is 2. The maximum atomic E-state index is 10.8. The maximum Gasteiger partial charge on any atom is 0.166 e. The lowest BCUT2D eigenvalue weighted by Gasteiger charge is -2.17. The first-order valence-corrected chi connectivity index (χ1v) is 5.35. The molecule has 0 aliphatic heterocycles. The summed E-state index contributed by atoms with van der Waals surface area (Å²) >= 11 is 0. The average molecular weight is 216 g/mol. The Kier molecular flexibility index (Phi) is 2.34. The molecule has 0 spiro atoms. The lowest BCUT2D eigenvalue weighted by Crippen LogP contribution is -2.13. The fourth-order valence-corrected chi connectivity index (χ4v) is 1.76. The number of carbonyl (C=O) groups is 1. The first-order chi connectivity index (χ1) is 7.43. The molecule has 0 atom stereocenters. The minimum Gasteiger partial charge on any atom is -0.340 e. The molecule has 2 aromatic heterocycles. The molecule has 0 aliphatic carbocycles. The van der Waals surface area contributed by atoms with E-state index in [9.17, 15) is 4.79 Å². The molecular formula is C13H16N2O. The zero-order valence-corrected chi connectivity index (χ0v) is 10.1. The molecule has 0 N–H and O–H groups in total. The van der Waals surface area contributed by atoms with Crippen molar-refractivity contribution in [2.75, 3.05) is 0 Å². The second kappa shape index (κ2) is 3.44. The lowest BCUT2D eigenvalue weighted by atomic mass is 9.91. The number of aldehydes is 1. The molecule has 3 heteroatoms. The molecule has 0 fully saturated rings. The highest BCUT2D eigenvalue weighted by atomic mass is 16.1. The van der Waals surface area contributed by atoms with Crippen molar-refractivity contribution in [2.24, 2.45) is 7.05 Å². The number of hydrogen-bond acceptors (Lipinski definition) is 2. The van der Waals surface area contributed by atoms with Crippen molar-refractivity contribution in [3.63, 3.8) is 0 Å². The highest BCUT2D eigenvalue weighted by Gasteiger charge is 2.16. The van der Waals surface area contributed by atoms with Gasteiger partial charge in [-0.05, 0) is 18.2 Å². The molecule has 0 radical (unpaired) electrons. The second-order valence-corrected chi connectivity index (χ2v) is 5.10. The Morgan fingerprint density at radius 2 is 2.00 bits per heavy atom. The molecule has 2 heterocycles. The van der Waals surface area contributed by atoms with E-state index >= 15 is 0 Å². The van der Waals surface area contributed by atoms with Crippen LogP contribution in [-0.2, 0) is 12.5 Å². The Labute approximate surface area is 95.1 Å². The molecule has 3 nitrogen and oxygen atoms in total. The quantitative estimate of drug-likeness (QED) is 0.687. The number of fused-ring (bicyclic) bond motifs is 1. The topological polar surface area (TPSA) is 34.9 Å². The van der Waals surface area contributed by atoms with Crippen LogP contribution in [0.4, 0.5) is 0 Å². The molecule has 0 aliphatic rings. The molecule has 0 unspecified atom stereocenters. The zero-order valence-electron chi connectivity index (χ0n) is 10.1. The van der Waals surface area contributed by atoms with E-state index in [-0.39, 0.29) is 5.41 Å². The van der Waals surface area contributed by atoms with Crippen LogP contribution in [0.1, 0.15) is 37.0 Å². The van der Waals surface area contributed by atoms with Crippen molar-refractivity contribution >= 4 is 17.3 Å². The van der Waals surface area contributed by atoms with Crippen molar-refractivity contribution in [1.82, 2.24) is 9.55 Å². The molecular weight excluding hydrogens is 200 g/mol. The van der Waals surface area contributed by atoms with E-state index < -0.39 is 0 Å². The summed E-state index contributed by atoms with van der Waals surface area (Å²) in [5, 5.41) is 0. The van der Waals surface area contributed by atoms with E-state index in [2.05, 4.69) is 25.8 Å². The third-order valence-corrected chi connectivity index (χ3v) is 2.82. The largest absolute Gasteiger partial charge is 0.340 e.